The van der Waals surface area contributed by atoms with Crippen LogP contribution in [0.5, 0.6) is 11.5 Å². The molecule has 1 N–H and O–H groups in total. The highest BCUT2D eigenvalue weighted by molar-refractivity contribution is 5.46. The zero-order valence-corrected chi connectivity index (χ0v) is 11.7. The van der Waals surface area contributed by atoms with Crippen molar-refractivity contribution in [3.8, 4) is 17.6 Å². The Morgan fingerprint density at radius 1 is 1.32 bits per heavy atom. The van der Waals surface area contributed by atoms with Crippen molar-refractivity contribution in [3.05, 3.63) is 23.3 Å². The zero-order valence-electron chi connectivity index (χ0n) is 11.7. The number of hydrogen-bond donors (Lipinski definition) is 1. The van der Waals surface area contributed by atoms with Gasteiger partial charge >= 0.3 is 0 Å². The molecule has 4 nitrogen and oxygen atoms in total. The number of ether oxygens (including phenoxy) is 2. The Kier molecular flexibility index (Phi) is 3.96. The van der Waals surface area contributed by atoms with Gasteiger partial charge in [0.1, 0.15) is 11.5 Å². The van der Waals surface area contributed by atoms with Crippen molar-refractivity contribution in [2.75, 3.05) is 20.8 Å². The van der Waals surface area contributed by atoms with E-state index in [-0.39, 0.29) is 5.41 Å². The quantitative estimate of drug-likeness (QED) is 0.853. The van der Waals surface area contributed by atoms with E-state index < -0.39 is 0 Å². The summed E-state index contributed by atoms with van der Waals surface area (Å²) in [5.41, 5.74) is 2.13. The second kappa shape index (κ2) is 5.50. The van der Waals surface area contributed by atoms with Crippen LogP contribution in [0.2, 0.25) is 0 Å². The molecule has 102 valence electrons. The predicted octanol–water partition coefficient (Wildman–Crippen LogP) is 2.41. The maximum atomic E-state index is 9.05. The number of nitrogens with one attached hydrogen (secondary N) is 1. The van der Waals surface area contributed by atoms with Gasteiger partial charge in [-0.25, -0.2) is 0 Å². The number of rotatable bonds is 6. The van der Waals surface area contributed by atoms with Crippen molar-refractivity contribution in [1.29, 1.82) is 5.26 Å². The van der Waals surface area contributed by atoms with E-state index in [4.69, 9.17) is 14.7 Å². The molecule has 1 saturated carbocycles. The van der Waals surface area contributed by atoms with Crippen LogP contribution in [0.3, 0.4) is 0 Å². The van der Waals surface area contributed by atoms with Gasteiger partial charge in [-0.3, -0.25) is 0 Å². The summed E-state index contributed by atoms with van der Waals surface area (Å²) in [5.74, 6) is 1.62. The lowest BCUT2D eigenvalue weighted by Gasteiger charge is -2.15. The summed E-state index contributed by atoms with van der Waals surface area (Å²) < 4.78 is 10.6. The van der Waals surface area contributed by atoms with Crippen molar-refractivity contribution in [2.24, 2.45) is 5.41 Å². The van der Waals surface area contributed by atoms with Gasteiger partial charge in [0.25, 0.3) is 0 Å². The van der Waals surface area contributed by atoms with E-state index in [9.17, 15) is 0 Å². The van der Waals surface area contributed by atoms with E-state index in [1.807, 2.05) is 19.1 Å². The van der Waals surface area contributed by atoms with Gasteiger partial charge in [0.05, 0.1) is 25.7 Å². The molecule has 0 heterocycles. The van der Waals surface area contributed by atoms with Crippen LogP contribution >= 0.6 is 0 Å². The Bertz CT molecular complexity index is 502. The van der Waals surface area contributed by atoms with Gasteiger partial charge < -0.3 is 14.8 Å². The van der Waals surface area contributed by atoms with Crippen LogP contribution in [-0.4, -0.2) is 20.8 Å². The Morgan fingerprint density at radius 2 is 2.05 bits per heavy atom. The van der Waals surface area contributed by atoms with Gasteiger partial charge in [0.15, 0.2) is 0 Å². The summed E-state index contributed by atoms with van der Waals surface area (Å²) in [6, 6.07) is 6.27. The van der Waals surface area contributed by atoms with E-state index in [2.05, 4.69) is 11.4 Å². The summed E-state index contributed by atoms with van der Waals surface area (Å²) in [7, 11) is 3.31. The molecule has 2 rings (SSSR count). The van der Waals surface area contributed by atoms with Crippen molar-refractivity contribution < 1.29 is 9.47 Å². The Morgan fingerprint density at radius 3 is 2.58 bits per heavy atom. The molecule has 1 aliphatic carbocycles. The second-order valence-electron chi connectivity index (χ2n) is 5.12. The van der Waals surface area contributed by atoms with Crippen LogP contribution in [0.25, 0.3) is 0 Å². The predicted molar refractivity (Wildman–Crippen MR) is 73.3 cm³/mol. The Balaban J connectivity index is 2.05. The molecule has 0 amide bonds. The third kappa shape index (κ3) is 2.99. The summed E-state index contributed by atoms with van der Waals surface area (Å²) >= 11 is 0. The SMILES string of the molecule is COc1cc(C)c(CNCC2(C#N)CC2)c(OC)c1. The molecule has 1 aromatic rings. The third-order valence-corrected chi connectivity index (χ3v) is 3.72. The highest BCUT2D eigenvalue weighted by Gasteiger charge is 2.42. The fraction of sp³-hybridized carbons (Fsp3) is 0.533. The topological polar surface area (TPSA) is 54.3 Å². The minimum absolute atomic E-state index is 0.117. The molecule has 19 heavy (non-hydrogen) atoms. The second-order valence-corrected chi connectivity index (χ2v) is 5.12. The summed E-state index contributed by atoms with van der Waals surface area (Å²) in [5, 5.41) is 12.4. The number of nitriles is 1. The van der Waals surface area contributed by atoms with Gasteiger partial charge in [-0.1, -0.05) is 0 Å². The maximum absolute atomic E-state index is 9.05. The van der Waals surface area contributed by atoms with Crippen molar-refractivity contribution >= 4 is 0 Å². The zero-order chi connectivity index (χ0) is 13.9. The first-order valence-electron chi connectivity index (χ1n) is 6.47. The first kappa shape index (κ1) is 13.7. The molecule has 1 aliphatic rings. The van der Waals surface area contributed by atoms with E-state index in [1.165, 1.54) is 0 Å². The monoisotopic (exact) mass is 260 g/mol. The lowest BCUT2D eigenvalue weighted by Crippen LogP contribution is -2.23. The van der Waals surface area contributed by atoms with E-state index in [0.29, 0.717) is 6.54 Å². The first-order valence-corrected chi connectivity index (χ1v) is 6.47. The third-order valence-electron chi connectivity index (χ3n) is 3.72. The lowest BCUT2D eigenvalue weighted by atomic mass is 10.1. The Hall–Kier alpha value is -1.73. The maximum Gasteiger partial charge on any atom is 0.127 e. The molecule has 0 atom stereocenters. The molecule has 0 aliphatic heterocycles. The minimum Gasteiger partial charge on any atom is -0.497 e. The molecular formula is C15H20N2O2. The van der Waals surface area contributed by atoms with E-state index in [1.54, 1.807) is 14.2 Å². The van der Waals surface area contributed by atoms with Gasteiger partial charge in [-0.2, -0.15) is 5.26 Å². The van der Waals surface area contributed by atoms with Gasteiger partial charge in [0.2, 0.25) is 0 Å². The van der Waals surface area contributed by atoms with Crippen LogP contribution in [0.1, 0.15) is 24.0 Å². The van der Waals surface area contributed by atoms with Crippen LogP contribution < -0.4 is 14.8 Å². The number of hydrogen-bond acceptors (Lipinski definition) is 4. The minimum atomic E-state index is -0.117. The number of benzene rings is 1. The molecule has 0 spiro atoms. The molecule has 1 aromatic carbocycles. The van der Waals surface area contributed by atoms with E-state index in [0.717, 1.165) is 42.0 Å². The standard InChI is InChI=1S/C15H20N2O2/c1-11-6-12(18-2)7-14(19-3)13(11)8-17-10-15(9-16)4-5-15/h6-7,17H,4-5,8,10H2,1-3H3. The molecule has 0 aromatic heterocycles. The summed E-state index contributed by atoms with van der Waals surface area (Å²) in [4.78, 5) is 0. The largest absolute Gasteiger partial charge is 0.497 e. The molecule has 4 heteroatoms. The van der Waals surface area contributed by atoms with Crippen LogP contribution in [0.4, 0.5) is 0 Å². The fourth-order valence-corrected chi connectivity index (χ4v) is 2.19. The average molecular weight is 260 g/mol. The van der Waals surface area contributed by atoms with Gasteiger partial charge in [-0.15, -0.1) is 0 Å². The van der Waals surface area contributed by atoms with Crippen LogP contribution in [0.15, 0.2) is 12.1 Å². The average Bonchev–Trinajstić information content (AvgIpc) is 3.20. The van der Waals surface area contributed by atoms with Crippen molar-refractivity contribution in [3.63, 3.8) is 0 Å². The van der Waals surface area contributed by atoms with Crippen molar-refractivity contribution in [1.82, 2.24) is 5.32 Å². The Labute approximate surface area is 114 Å². The van der Waals surface area contributed by atoms with Crippen LogP contribution in [0, 0.1) is 23.7 Å². The first-order chi connectivity index (χ1) is 9.14. The molecule has 1 fully saturated rings. The molecule has 0 saturated heterocycles. The number of aryl methyl sites for hydroxylation is 1. The summed E-state index contributed by atoms with van der Waals surface area (Å²) in [6.45, 7) is 3.50. The molecular weight excluding hydrogens is 240 g/mol. The molecule has 0 bridgehead atoms. The van der Waals surface area contributed by atoms with E-state index >= 15 is 0 Å². The van der Waals surface area contributed by atoms with Gasteiger partial charge in [-0.05, 0) is 31.4 Å². The normalized spacial score (nSPS) is 15.7. The number of methoxy groups -OCH3 is 2. The van der Waals surface area contributed by atoms with Gasteiger partial charge in [0, 0.05) is 24.7 Å². The fourth-order valence-electron chi connectivity index (χ4n) is 2.19. The lowest BCUT2D eigenvalue weighted by molar-refractivity contribution is 0.388. The van der Waals surface area contributed by atoms with Crippen molar-refractivity contribution in [2.45, 2.75) is 26.3 Å². The highest BCUT2D eigenvalue weighted by atomic mass is 16.5. The van der Waals surface area contributed by atoms with Crippen LogP contribution in [-0.2, 0) is 6.54 Å². The number of nitrogens with zero attached hydrogens (tertiary/aromatic N) is 1. The smallest absolute Gasteiger partial charge is 0.127 e. The molecule has 0 unspecified atom stereocenters. The highest BCUT2D eigenvalue weighted by Crippen LogP contribution is 2.44. The molecule has 0 radical (unpaired) electrons. The summed E-state index contributed by atoms with van der Waals surface area (Å²) in [6.07, 6.45) is 2.02.